The third kappa shape index (κ3) is 8.38. The van der Waals surface area contributed by atoms with Gasteiger partial charge in [0.15, 0.2) is 0 Å². The van der Waals surface area contributed by atoms with Crippen LogP contribution in [0.5, 0.6) is 0 Å². The van der Waals surface area contributed by atoms with Crippen LogP contribution in [0.2, 0.25) is 0 Å². The van der Waals surface area contributed by atoms with Crippen LogP contribution in [0, 0.1) is 22.5 Å². The van der Waals surface area contributed by atoms with Gasteiger partial charge in [-0.05, 0) is 0 Å². The minimum absolute atomic E-state index is 0.000315. The molecule has 0 N–H and O–H groups in total. The monoisotopic (exact) mass is 596 g/mol. The molecule has 35 heavy (non-hydrogen) atoms. The van der Waals surface area contributed by atoms with E-state index in [1.54, 1.807) is 4.90 Å². The van der Waals surface area contributed by atoms with Crippen LogP contribution in [0.15, 0.2) is 17.0 Å². The third-order valence-corrected chi connectivity index (χ3v) is 8.10. The summed E-state index contributed by atoms with van der Waals surface area (Å²) in [6, 6.07) is 2.11. The Hall–Kier alpha value is -1.80. The fraction of sp³-hybridized carbons (Fsp3) is 0.600. The average molecular weight is 598 g/mol. The maximum atomic E-state index is 13.6. The van der Waals surface area contributed by atoms with Gasteiger partial charge in [-0.2, -0.15) is 12.7 Å². The van der Waals surface area contributed by atoms with Crippen LogP contribution in [-0.4, -0.2) is 109 Å². The van der Waals surface area contributed by atoms with Gasteiger partial charge in [-0.3, -0.25) is 19.2 Å². The van der Waals surface area contributed by atoms with Crippen LogP contribution in [0.1, 0.15) is 5.56 Å². The number of halogens is 1. The number of nitrogens with zero attached hydrogens (tertiary/aromatic N) is 4. The van der Waals surface area contributed by atoms with E-state index in [0.717, 1.165) is 22.7 Å². The predicted molar refractivity (Wildman–Crippen MR) is 135 cm³/mol. The molecule has 15 heteroatoms. The first-order valence-corrected chi connectivity index (χ1v) is 15.0. The SMILES string of the molecule is C#Cc1cc([N+](=O)[O-])cc(S(=O)(=O)N(C)CCN2CCOCC2)c1N(CCBr)CCOS(C)(=O)=O. The lowest BCUT2D eigenvalue weighted by Crippen LogP contribution is -2.42. The summed E-state index contributed by atoms with van der Waals surface area (Å²) in [5.41, 5.74) is -0.388. The molecular weight excluding hydrogens is 568 g/mol. The van der Waals surface area contributed by atoms with Crippen LogP contribution in [0.4, 0.5) is 11.4 Å². The van der Waals surface area contributed by atoms with Gasteiger partial charge in [0.05, 0.1) is 42.3 Å². The molecular formula is C20H29BrN4O8S2. The number of morpholine rings is 1. The Labute approximate surface area is 214 Å². The van der Waals surface area contributed by atoms with Gasteiger partial charge in [0.1, 0.15) is 4.90 Å². The molecule has 196 valence electrons. The molecule has 0 bridgehead atoms. The minimum Gasteiger partial charge on any atom is -0.379 e. The second-order valence-electron chi connectivity index (χ2n) is 7.72. The first kappa shape index (κ1) is 29.4. The van der Waals surface area contributed by atoms with Crippen LogP contribution in [0.25, 0.3) is 0 Å². The first-order valence-electron chi connectivity index (χ1n) is 10.6. The number of benzene rings is 1. The number of rotatable bonds is 13. The number of nitro groups is 1. The number of hydrogen-bond donors (Lipinski definition) is 0. The first-order chi connectivity index (χ1) is 16.4. The molecule has 1 saturated heterocycles. The molecule has 1 aliphatic heterocycles. The number of terminal acetylenes is 1. The summed E-state index contributed by atoms with van der Waals surface area (Å²) in [7, 11) is -6.55. The summed E-state index contributed by atoms with van der Waals surface area (Å²) in [6.45, 7) is 3.03. The third-order valence-electron chi connectivity index (χ3n) is 5.28. The number of hydrogen-bond acceptors (Lipinski definition) is 10. The molecule has 12 nitrogen and oxygen atoms in total. The summed E-state index contributed by atoms with van der Waals surface area (Å²) < 4.78 is 61.3. The topological polar surface area (TPSA) is 140 Å². The lowest BCUT2D eigenvalue weighted by Gasteiger charge is -2.30. The van der Waals surface area contributed by atoms with Gasteiger partial charge in [0.2, 0.25) is 10.0 Å². The number of likely N-dealkylation sites (N-methyl/N-ethyl adjacent to an activating group) is 1. The molecule has 0 atom stereocenters. The molecule has 0 aliphatic carbocycles. The molecule has 1 fully saturated rings. The highest BCUT2D eigenvalue weighted by Gasteiger charge is 2.31. The Morgan fingerprint density at radius 3 is 2.43 bits per heavy atom. The molecule has 2 rings (SSSR count). The summed E-state index contributed by atoms with van der Waals surface area (Å²) in [5, 5.41) is 11.9. The molecule has 1 aromatic rings. The molecule has 1 aliphatic rings. The van der Waals surface area contributed by atoms with Crippen molar-refractivity contribution in [1.82, 2.24) is 9.21 Å². The van der Waals surface area contributed by atoms with E-state index in [1.165, 1.54) is 7.05 Å². The number of alkyl halides is 1. The molecule has 0 aromatic heterocycles. The summed E-state index contributed by atoms with van der Waals surface area (Å²) >= 11 is 3.30. The highest BCUT2D eigenvalue weighted by atomic mass is 79.9. The minimum atomic E-state index is -4.22. The Morgan fingerprint density at radius 2 is 1.89 bits per heavy atom. The van der Waals surface area contributed by atoms with Gasteiger partial charge in [0, 0.05) is 63.8 Å². The Balaban J connectivity index is 2.50. The predicted octanol–water partition coefficient (Wildman–Crippen LogP) is 0.706. The Morgan fingerprint density at radius 1 is 1.23 bits per heavy atom. The van der Waals surface area contributed by atoms with Crippen molar-refractivity contribution in [3.63, 3.8) is 0 Å². The van der Waals surface area contributed by atoms with Crippen molar-refractivity contribution in [2.45, 2.75) is 4.90 Å². The fourth-order valence-electron chi connectivity index (χ4n) is 3.46. The quantitative estimate of drug-likeness (QED) is 0.105. The summed E-state index contributed by atoms with van der Waals surface area (Å²) in [4.78, 5) is 14.1. The van der Waals surface area contributed by atoms with E-state index in [2.05, 4.69) is 26.8 Å². The van der Waals surface area contributed by atoms with Gasteiger partial charge in [0.25, 0.3) is 15.8 Å². The molecule has 0 saturated carbocycles. The second-order valence-corrected chi connectivity index (χ2v) is 12.2. The molecule has 0 spiro atoms. The van der Waals surface area contributed by atoms with E-state index in [1.807, 2.05) is 0 Å². The Bertz CT molecular complexity index is 1150. The zero-order valence-electron chi connectivity index (χ0n) is 19.6. The van der Waals surface area contributed by atoms with Crippen LogP contribution < -0.4 is 4.90 Å². The van der Waals surface area contributed by atoms with E-state index < -0.39 is 30.8 Å². The van der Waals surface area contributed by atoms with Gasteiger partial charge in [-0.25, -0.2) is 8.42 Å². The molecule has 0 radical (unpaired) electrons. The number of anilines is 1. The maximum Gasteiger partial charge on any atom is 0.272 e. The average Bonchev–Trinajstić information content (AvgIpc) is 2.80. The van der Waals surface area contributed by atoms with Crippen LogP contribution in [0.3, 0.4) is 0 Å². The van der Waals surface area contributed by atoms with Gasteiger partial charge in [-0.15, -0.1) is 6.42 Å². The van der Waals surface area contributed by atoms with Crippen molar-refractivity contribution in [2.75, 3.05) is 82.6 Å². The smallest absolute Gasteiger partial charge is 0.272 e. The van der Waals surface area contributed by atoms with E-state index in [4.69, 9.17) is 15.3 Å². The number of ether oxygens (including phenoxy) is 1. The normalized spacial score (nSPS) is 15.2. The maximum absolute atomic E-state index is 13.6. The number of non-ortho nitro benzene ring substituents is 1. The number of nitro benzene ring substituents is 1. The zero-order valence-corrected chi connectivity index (χ0v) is 22.8. The van der Waals surface area contributed by atoms with Crippen LogP contribution in [-0.2, 0) is 29.1 Å². The van der Waals surface area contributed by atoms with E-state index in [-0.39, 0.29) is 42.4 Å². The van der Waals surface area contributed by atoms with E-state index in [9.17, 15) is 26.9 Å². The second kappa shape index (κ2) is 12.9. The van der Waals surface area contributed by atoms with Crippen molar-refractivity contribution in [3.05, 3.63) is 27.8 Å². The fourth-order valence-corrected chi connectivity index (χ4v) is 5.68. The summed E-state index contributed by atoms with van der Waals surface area (Å²) in [5.74, 6) is 2.35. The summed E-state index contributed by atoms with van der Waals surface area (Å²) in [6.07, 6.45) is 6.53. The zero-order chi connectivity index (χ0) is 26.2. The van der Waals surface area contributed by atoms with Crippen molar-refractivity contribution in [2.24, 2.45) is 0 Å². The molecule has 1 aromatic carbocycles. The molecule has 0 amide bonds. The molecule has 1 heterocycles. The van der Waals surface area contributed by atoms with Gasteiger partial charge in [-0.1, -0.05) is 21.9 Å². The number of sulfonamides is 1. The largest absolute Gasteiger partial charge is 0.379 e. The van der Waals surface area contributed by atoms with E-state index >= 15 is 0 Å². The van der Waals surface area contributed by atoms with Crippen molar-refractivity contribution >= 4 is 47.4 Å². The van der Waals surface area contributed by atoms with Crippen molar-refractivity contribution in [1.29, 1.82) is 0 Å². The highest BCUT2D eigenvalue weighted by Crippen LogP contribution is 2.35. The van der Waals surface area contributed by atoms with Gasteiger partial charge < -0.3 is 9.64 Å². The molecule has 0 unspecified atom stereocenters. The lowest BCUT2D eigenvalue weighted by molar-refractivity contribution is -0.385. The van der Waals surface area contributed by atoms with Crippen molar-refractivity contribution in [3.8, 4) is 12.3 Å². The van der Waals surface area contributed by atoms with Gasteiger partial charge >= 0.3 is 0 Å². The highest BCUT2D eigenvalue weighted by molar-refractivity contribution is 9.09. The van der Waals surface area contributed by atoms with Crippen molar-refractivity contribution < 1.29 is 30.7 Å². The Kier molecular flexibility index (Phi) is 10.9. The standard InChI is InChI=1S/C20H29BrN4O8S2/c1-4-17-15-18(25(26)27)16-19(20(17)24(6-5-21)11-14-33-34(3,28)29)35(30,31)22(2)7-8-23-9-12-32-13-10-23/h1,15-16H,5-14H2,2-3H3. The van der Waals surface area contributed by atoms with E-state index in [0.29, 0.717) is 38.2 Å². The van der Waals surface area contributed by atoms with Crippen LogP contribution >= 0.6 is 15.9 Å². The lowest BCUT2D eigenvalue weighted by atomic mass is 10.1.